The van der Waals surface area contributed by atoms with Crippen LogP contribution in [0.3, 0.4) is 0 Å². The van der Waals surface area contributed by atoms with Crippen LogP contribution in [0.5, 0.6) is 0 Å². The molecule has 0 unspecified atom stereocenters. The molecule has 0 spiro atoms. The highest BCUT2D eigenvalue weighted by Crippen LogP contribution is 2.23. The molecule has 1 aromatic rings. The van der Waals surface area contributed by atoms with Crippen LogP contribution in [0.1, 0.15) is 10.6 Å². The zero-order valence-corrected chi connectivity index (χ0v) is 5.51. The molecule has 8 nitrogen and oxygen atoms in total. The van der Waals surface area contributed by atoms with Crippen molar-refractivity contribution in [1.82, 2.24) is 9.97 Å². The Balaban J connectivity index is 3.22. The van der Waals surface area contributed by atoms with Gasteiger partial charge in [-0.25, -0.2) is 4.79 Å². The molecule has 0 radical (unpaired) electrons. The Hall–Kier alpha value is -2.12. The predicted molar refractivity (Wildman–Crippen MR) is 36.5 cm³/mol. The number of carbonyl (C=O) groups is 1. The molecule has 0 atom stereocenters. The zero-order valence-electron chi connectivity index (χ0n) is 5.51. The zero-order chi connectivity index (χ0) is 9.14. The average molecular weight is 170 g/mol. The second-order valence-corrected chi connectivity index (χ2v) is 1.75. The molecule has 0 saturated heterocycles. The predicted octanol–water partition coefficient (Wildman–Crippen LogP) is 0.904. The molecule has 0 saturated carbocycles. The first kappa shape index (κ1) is 7.98. The van der Waals surface area contributed by atoms with Crippen LogP contribution in [0.4, 0.5) is 11.6 Å². The van der Waals surface area contributed by atoms with Gasteiger partial charge in [-0.15, -0.1) is 9.81 Å². The summed E-state index contributed by atoms with van der Waals surface area (Å²) in [5.41, 5.74) is 0. The second-order valence-electron chi connectivity index (χ2n) is 1.75. The highest BCUT2D eigenvalue weighted by Gasteiger charge is 2.15. The number of carboxylic acids is 1. The molecule has 1 heterocycles. The molecule has 0 amide bonds. The van der Waals surface area contributed by atoms with Gasteiger partial charge < -0.3 is 10.1 Å². The molecule has 8 heteroatoms. The third-order valence-corrected chi connectivity index (χ3v) is 1.05. The molecule has 1 aromatic heterocycles. The summed E-state index contributed by atoms with van der Waals surface area (Å²) in [6.07, 6.45) is 0. The maximum atomic E-state index is 10.2. The maximum absolute atomic E-state index is 10.2. The first-order valence-corrected chi connectivity index (χ1v) is 2.69. The normalized spacial score (nSPS) is 9.33. The molecule has 0 aliphatic heterocycles. The number of imidazole rings is 1. The van der Waals surface area contributed by atoms with Gasteiger partial charge in [0.15, 0.2) is 0 Å². The number of hydrogen-bond acceptors (Lipinski definition) is 6. The van der Waals surface area contributed by atoms with Gasteiger partial charge in [0.2, 0.25) is 17.5 Å². The average Bonchev–Trinajstić information content (AvgIpc) is 2.46. The van der Waals surface area contributed by atoms with Crippen LogP contribution < -0.4 is 0 Å². The number of nitroso groups, excluding NO2 is 2. The Bertz CT molecular complexity index is 317. The minimum Gasteiger partial charge on any atom is -0.475 e. The van der Waals surface area contributed by atoms with Gasteiger partial charge in [0.1, 0.15) is 0 Å². The van der Waals surface area contributed by atoms with E-state index in [9.17, 15) is 14.6 Å². The fourth-order valence-electron chi connectivity index (χ4n) is 0.583. The number of rotatable bonds is 3. The van der Waals surface area contributed by atoms with Gasteiger partial charge in [0, 0.05) is 0 Å². The van der Waals surface area contributed by atoms with Crippen molar-refractivity contribution in [1.29, 1.82) is 0 Å². The lowest BCUT2D eigenvalue weighted by atomic mass is 10.6. The van der Waals surface area contributed by atoms with Crippen molar-refractivity contribution >= 4 is 17.6 Å². The van der Waals surface area contributed by atoms with Gasteiger partial charge in [0.05, 0.1) is 0 Å². The molecule has 0 aromatic carbocycles. The number of hydrogen-bond donors (Lipinski definition) is 2. The first-order chi connectivity index (χ1) is 5.69. The Labute approximate surface area is 64.6 Å². The summed E-state index contributed by atoms with van der Waals surface area (Å²) < 4.78 is 0. The summed E-state index contributed by atoms with van der Waals surface area (Å²) in [6.45, 7) is 0. The Kier molecular flexibility index (Phi) is 1.90. The van der Waals surface area contributed by atoms with E-state index < -0.39 is 23.4 Å². The van der Waals surface area contributed by atoms with E-state index in [1.165, 1.54) is 0 Å². The van der Waals surface area contributed by atoms with Crippen LogP contribution in [0.15, 0.2) is 10.4 Å². The third kappa shape index (κ3) is 1.17. The molecule has 2 N–H and O–H groups in total. The third-order valence-electron chi connectivity index (χ3n) is 1.05. The van der Waals surface area contributed by atoms with Crippen molar-refractivity contribution in [2.75, 3.05) is 0 Å². The lowest BCUT2D eigenvalue weighted by Crippen LogP contribution is -1.97. The van der Waals surface area contributed by atoms with Crippen molar-refractivity contribution in [3.8, 4) is 0 Å². The number of aromatic nitrogens is 2. The summed E-state index contributed by atoms with van der Waals surface area (Å²) in [5.74, 6) is -2.97. The topological polar surface area (TPSA) is 125 Å². The van der Waals surface area contributed by atoms with Gasteiger partial charge in [-0.1, -0.05) is 0 Å². The van der Waals surface area contributed by atoms with E-state index in [1.807, 2.05) is 4.98 Å². The quantitative estimate of drug-likeness (QED) is 0.651. The highest BCUT2D eigenvalue weighted by atomic mass is 16.4. The van der Waals surface area contributed by atoms with Gasteiger partial charge >= 0.3 is 5.97 Å². The molecule has 0 fully saturated rings. The summed E-state index contributed by atoms with van der Waals surface area (Å²) in [5, 5.41) is 12.9. The number of aromatic amines is 1. The van der Waals surface area contributed by atoms with Crippen LogP contribution in [0.25, 0.3) is 0 Å². The summed E-state index contributed by atoms with van der Waals surface area (Å²) in [7, 11) is 0. The number of nitrogens with zero attached hydrogens (tertiary/aromatic N) is 3. The molecule has 1 rings (SSSR count). The standard InChI is InChI=1S/C4H2N4O4/c9-4(10)3-5-1(7-11)2(6-3)8-12/h(H,5,6)(H,9,10). The molecular weight excluding hydrogens is 168 g/mol. The monoisotopic (exact) mass is 170 g/mol. The van der Waals surface area contributed by atoms with Crippen LogP contribution in [-0.2, 0) is 0 Å². The molecule has 0 bridgehead atoms. The van der Waals surface area contributed by atoms with Crippen LogP contribution >= 0.6 is 0 Å². The fraction of sp³-hybridized carbons (Fsp3) is 0. The highest BCUT2D eigenvalue weighted by molar-refractivity contribution is 5.85. The van der Waals surface area contributed by atoms with E-state index in [-0.39, 0.29) is 0 Å². The molecule has 12 heavy (non-hydrogen) atoms. The van der Waals surface area contributed by atoms with Gasteiger partial charge in [-0.3, -0.25) is 0 Å². The van der Waals surface area contributed by atoms with E-state index >= 15 is 0 Å². The fourth-order valence-corrected chi connectivity index (χ4v) is 0.583. The number of H-pyrrole nitrogens is 1. The lowest BCUT2D eigenvalue weighted by molar-refractivity contribution is 0.0685. The van der Waals surface area contributed by atoms with Gasteiger partial charge in [0.25, 0.3) is 0 Å². The smallest absolute Gasteiger partial charge is 0.372 e. The van der Waals surface area contributed by atoms with Gasteiger partial charge in [-0.05, 0) is 10.4 Å². The second kappa shape index (κ2) is 2.86. The van der Waals surface area contributed by atoms with Crippen LogP contribution in [0, 0.1) is 9.81 Å². The molecule has 62 valence electrons. The lowest BCUT2D eigenvalue weighted by Gasteiger charge is -1.79. The van der Waals surface area contributed by atoms with E-state index in [0.29, 0.717) is 0 Å². The first-order valence-electron chi connectivity index (χ1n) is 2.69. The van der Waals surface area contributed by atoms with Crippen molar-refractivity contribution < 1.29 is 9.90 Å². The Morgan fingerprint density at radius 3 is 2.42 bits per heavy atom. The van der Waals surface area contributed by atoms with Crippen LogP contribution in [-0.4, -0.2) is 21.0 Å². The van der Waals surface area contributed by atoms with Crippen molar-refractivity contribution in [2.45, 2.75) is 0 Å². The summed E-state index contributed by atoms with van der Waals surface area (Å²) in [6, 6.07) is 0. The SMILES string of the molecule is O=Nc1nc(C(=O)O)[nH]c1N=O. The van der Waals surface area contributed by atoms with E-state index in [4.69, 9.17) is 5.11 Å². The van der Waals surface area contributed by atoms with E-state index in [0.717, 1.165) is 0 Å². The summed E-state index contributed by atoms with van der Waals surface area (Å²) in [4.78, 5) is 35.2. The molecular formula is C4H2N4O4. The minimum atomic E-state index is -1.39. The van der Waals surface area contributed by atoms with Crippen molar-refractivity contribution in [3.05, 3.63) is 15.6 Å². The summed E-state index contributed by atoms with van der Waals surface area (Å²) >= 11 is 0. The van der Waals surface area contributed by atoms with Crippen molar-refractivity contribution in [3.63, 3.8) is 0 Å². The van der Waals surface area contributed by atoms with E-state index in [2.05, 4.69) is 15.3 Å². The Morgan fingerprint density at radius 1 is 1.42 bits per heavy atom. The number of nitrogens with one attached hydrogen (secondary N) is 1. The van der Waals surface area contributed by atoms with Crippen LogP contribution in [0.2, 0.25) is 0 Å². The number of aromatic carboxylic acids is 1. The van der Waals surface area contributed by atoms with E-state index in [1.54, 1.807) is 0 Å². The maximum Gasteiger partial charge on any atom is 0.372 e. The minimum absolute atomic E-state index is 0.484. The number of carboxylic acid groups (broad SMARTS) is 1. The largest absolute Gasteiger partial charge is 0.475 e. The Morgan fingerprint density at radius 2 is 2.08 bits per heavy atom. The molecule has 0 aliphatic rings. The van der Waals surface area contributed by atoms with Crippen molar-refractivity contribution in [2.24, 2.45) is 10.4 Å². The molecule has 0 aliphatic carbocycles. The van der Waals surface area contributed by atoms with Gasteiger partial charge in [-0.2, -0.15) is 4.98 Å².